The number of amides is 1. The van der Waals surface area contributed by atoms with Gasteiger partial charge in [-0.3, -0.25) is 9.59 Å². The van der Waals surface area contributed by atoms with E-state index in [0.717, 1.165) is 0 Å². The number of nitrogens with zero attached hydrogens (tertiary/aromatic N) is 1. The number of benzene rings is 2. The normalized spacial score (nSPS) is 19.4. The lowest BCUT2D eigenvalue weighted by molar-refractivity contribution is -0.140. The third-order valence-electron chi connectivity index (χ3n) is 4.14. The van der Waals surface area contributed by atoms with E-state index in [4.69, 9.17) is 0 Å². The van der Waals surface area contributed by atoms with Crippen molar-refractivity contribution < 1.29 is 24.9 Å². The third kappa shape index (κ3) is 2.99. The molecule has 0 spiro atoms. The van der Waals surface area contributed by atoms with Gasteiger partial charge in [-0.15, -0.1) is 0 Å². The minimum atomic E-state index is -0.826. The van der Waals surface area contributed by atoms with Crippen LogP contribution in [-0.4, -0.2) is 45.1 Å². The molecule has 1 aliphatic rings. The fraction of sp³-hybridized carbons (Fsp3) is 0.158. The summed E-state index contributed by atoms with van der Waals surface area (Å²) in [6, 6.07) is 13.7. The topological polar surface area (TPSA) is 98.1 Å². The molecular formula is C19H17NO5. The van der Waals surface area contributed by atoms with Crippen LogP contribution in [-0.2, 0) is 9.59 Å². The summed E-state index contributed by atoms with van der Waals surface area (Å²) in [6.07, 6.45) is 0. The molecule has 1 heterocycles. The fourth-order valence-electron chi connectivity index (χ4n) is 2.97. The molecule has 1 fully saturated rings. The Morgan fingerprint density at radius 3 is 2.24 bits per heavy atom. The Hall–Kier alpha value is -3.12. The molecular weight excluding hydrogens is 322 g/mol. The van der Waals surface area contributed by atoms with Crippen molar-refractivity contribution in [1.29, 1.82) is 0 Å². The minimum absolute atomic E-state index is 0.0321. The van der Waals surface area contributed by atoms with Crippen molar-refractivity contribution in [2.24, 2.45) is 0 Å². The molecule has 0 aliphatic carbocycles. The molecule has 128 valence electrons. The predicted octanol–water partition coefficient (Wildman–Crippen LogP) is 1.81. The second-order valence-corrected chi connectivity index (χ2v) is 5.67. The number of rotatable bonds is 4. The molecule has 1 aliphatic heterocycles. The molecule has 0 bridgehead atoms. The Balaban J connectivity index is 2.18. The van der Waals surface area contributed by atoms with Gasteiger partial charge < -0.3 is 20.2 Å². The van der Waals surface area contributed by atoms with Gasteiger partial charge in [0.2, 0.25) is 0 Å². The first-order valence-electron chi connectivity index (χ1n) is 7.78. The monoisotopic (exact) mass is 339 g/mol. The minimum Gasteiger partial charge on any atom is -0.508 e. The summed E-state index contributed by atoms with van der Waals surface area (Å²) in [5.41, 5.74) is 0.951. The maximum Gasteiger partial charge on any atom is 0.295 e. The van der Waals surface area contributed by atoms with Crippen LogP contribution in [0.4, 0.5) is 0 Å². The molecule has 25 heavy (non-hydrogen) atoms. The quantitative estimate of drug-likeness (QED) is 0.448. The number of ketones is 1. The summed E-state index contributed by atoms with van der Waals surface area (Å²) in [5, 5.41) is 29.4. The van der Waals surface area contributed by atoms with Crippen LogP contribution in [0.3, 0.4) is 0 Å². The number of hydrogen-bond acceptors (Lipinski definition) is 5. The predicted molar refractivity (Wildman–Crippen MR) is 90.6 cm³/mol. The lowest BCUT2D eigenvalue weighted by atomic mass is 9.95. The van der Waals surface area contributed by atoms with Crippen LogP contribution in [0.1, 0.15) is 17.2 Å². The number of carbonyl (C=O) groups excluding carboxylic acids is 2. The SMILES string of the molecule is O=C1C(=O)N(CCO)[C@@H](c2ccc(O)cc2)C1=C(O)c1ccccc1. The molecule has 0 saturated carbocycles. The average Bonchev–Trinajstić information content (AvgIpc) is 2.88. The Labute approximate surface area is 144 Å². The summed E-state index contributed by atoms with van der Waals surface area (Å²) >= 11 is 0. The molecule has 6 heteroatoms. The number of β-amino-alcohol motifs (C(OH)–C–C–N with tert-alkyl or cyclic N) is 1. The maximum atomic E-state index is 12.5. The number of phenols is 1. The molecule has 2 aromatic carbocycles. The highest BCUT2D eigenvalue weighted by Gasteiger charge is 2.45. The van der Waals surface area contributed by atoms with Crippen molar-refractivity contribution in [3.8, 4) is 5.75 Å². The van der Waals surface area contributed by atoms with E-state index in [2.05, 4.69) is 0 Å². The Morgan fingerprint density at radius 1 is 1.00 bits per heavy atom. The van der Waals surface area contributed by atoms with Crippen LogP contribution in [0, 0.1) is 0 Å². The van der Waals surface area contributed by atoms with Crippen LogP contribution in [0.5, 0.6) is 5.75 Å². The van der Waals surface area contributed by atoms with Crippen molar-refractivity contribution in [2.75, 3.05) is 13.2 Å². The van der Waals surface area contributed by atoms with Crippen LogP contribution in [0.2, 0.25) is 0 Å². The summed E-state index contributed by atoms with van der Waals surface area (Å²) in [5.74, 6) is -1.79. The van der Waals surface area contributed by atoms with Gasteiger partial charge in [0.25, 0.3) is 11.7 Å². The van der Waals surface area contributed by atoms with E-state index in [1.807, 2.05) is 0 Å². The lowest BCUT2D eigenvalue weighted by Crippen LogP contribution is -2.32. The number of Topliss-reactive ketones (excluding diaryl/α,β-unsaturated/α-hetero) is 1. The zero-order chi connectivity index (χ0) is 18.0. The first kappa shape index (κ1) is 16.7. The average molecular weight is 339 g/mol. The number of aliphatic hydroxyl groups is 2. The van der Waals surface area contributed by atoms with Gasteiger partial charge >= 0.3 is 0 Å². The molecule has 2 aromatic rings. The first-order chi connectivity index (χ1) is 12.0. The zero-order valence-electron chi connectivity index (χ0n) is 13.3. The van der Waals surface area contributed by atoms with Crippen LogP contribution in [0.15, 0.2) is 60.2 Å². The van der Waals surface area contributed by atoms with Crippen molar-refractivity contribution in [3.05, 3.63) is 71.3 Å². The van der Waals surface area contributed by atoms with Gasteiger partial charge in [0, 0.05) is 12.1 Å². The molecule has 1 atom stereocenters. The Bertz CT molecular complexity index is 827. The Kier molecular flexibility index (Phi) is 4.54. The molecule has 1 saturated heterocycles. The van der Waals surface area contributed by atoms with Gasteiger partial charge in [0.1, 0.15) is 11.5 Å². The Morgan fingerprint density at radius 2 is 1.64 bits per heavy atom. The molecule has 6 nitrogen and oxygen atoms in total. The summed E-state index contributed by atoms with van der Waals surface area (Å²) in [7, 11) is 0. The standard InChI is InChI=1S/C19H17NO5/c21-11-10-20-16(12-6-8-14(22)9-7-12)15(18(24)19(20)25)17(23)13-4-2-1-3-5-13/h1-9,16,21-23H,10-11H2/t16-/m0/s1. The van der Waals surface area contributed by atoms with Crippen molar-refractivity contribution >= 4 is 17.4 Å². The van der Waals surface area contributed by atoms with Crippen LogP contribution >= 0.6 is 0 Å². The maximum absolute atomic E-state index is 12.5. The number of likely N-dealkylation sites (tertiary alicyclic amines) is 1. The smallest absolute Gasteiger partial charge is 0.295 e. The largest absolute Gasteiger partial charge is 0.508 e. The summed E-state index contributed by atoms with van der Waals surface area (Å²) in [6.45, 7) is -0.353. The highest BCUT2D eigenvalue weighted by molar-refractivity contribution is 6.46. The number of aromatic hydroxyl groups is 1. The van der Waals surface area contributed by atoms with E-state index in [9.17, 15) is 24.9 Å². The van der Waals surface area contributed by atoms with E-state index in [-0.39, 0.29) is 30.2 Å². The van der Waals surface area contributed by atoms with Crippen LogP contribution < -0.4 is 0 Å². The second kappa shape index (κ2) is 6.78. The van der Waals surface area contributed by atoms with Crippen molar-refractivity contribution in [1.82, 2.24) is 4.90 Å². The van der Waals surface area contributed by atoms with E-state index in [1.54, 1.807) is 42.5 Å². The van der Waals surface area contributed by atoms with Gasteiger partial charge in [-0.2, -0.15) is 0 Å². The fourth-order valence-corrected chi connectivity index (χ4v) is 2.97. The van der Waals surface area contributed by atoms with Gasteiger partial charge in [0.05, 0.1) is 18.2 Å². The lowest BCUT2D eigenvalue weighted by Gasteiger charge is -2.24. The molecule has 3 N–H and O–H groups in total. The number of carbonyl (C=O) groups is 2. The molecule has 1 amide bonds. The van der Waals surface area contributed by atoms with Gasteiger partial charge in [-0.25, -0.2) is 0 Å². The molecule has 0 unspecified atom stereocenters. The zero-order valence-corrected chi connectivity index (χ0v) is 13.3. The first-order valence-corrected chi connectivity index (χ1v) is 7.78. The molecule has 3 rings (SSSR count). The van der Waals surface area contributed by atoms with Crippen molar-refractivity contribution in [2.45, 2.75) is 6.04 Å². The van der Waals surface area contributed by atoms with Gasteiger partial charge in [-0.05, 0) is 17.7 Å². The summed E-state index contributed by atoms with van der Waals surface area (Å²) in [4.78, 5) is 26.1. The third-order valence-corrected chi connectivity index (χ3v) is 4.14. The van der Waals surface area contributed by atoms with E-state index in [0.29, 0.717) is 11.1 Å². The van der Waals surface area contributed by atoms with Crippen molar-refractivity contribution in [3.63, 3.8) is 0 Å². The number of aliphatic hydroxyl groups excluding tert-OH is 2. The van der Waals surface area contributed by atoms with Crippen LogP contribution in [0.25, 0.3) is 5.76 Å². The van der Waals surface area contributed by atoms with Gasteiger partial charge in [-0.1, -0.05) is 42.5 Å². The summed E-state index contributed by atoms with van der Waals surface area (Å²) < 4.78 is 0. The van der Waals surface area contributed by atoms with E-state index >= 15 is 0 Å². The van der Waals surface area contributed by atoms with E-state index in [1.165, 1.54) is 17.0 Å². The van der Waals surface area contributed by atoms with Gasteiger partial charge in [0.15, 0.2) is 0 Å². The molecule has 0 radical (unpaired) electrons. The van der Waals surface area contributed by atoms with E-state index < -0.39 is 17.7 Å². The highest BCUT2D eigenvalue weighted by atomic mass is 16.3. The number of hydrogen-bond donors (Lipinski definition) is 3. The highest BCUT2D eigenvalue weighted by Crippen LogP contribution is 2.39. The number of phenolic OH excluding ortho intramolecular Hbond substituents is 1. The molecule has 0 aromatic heterocycles. The second-order valence-electron chi connectivity index (χ2n) is 5.67.